The Bertz CT molecular complexity index is 610. The van der Waals surface area contributed by atoms with E-state index in [4.69, 9.17) is 11.6 Å². The lowest BCUT2D eigenvalue weighted by Crippen LogP contribution is -2.26. The molecule has 0 spiro atoms. The monoisotopic (exact) mass is 360 g/mol. The third-order valence-electron chi connectivity index (χ3n) is 2.43. The van der Waals surface area contributed by atoms with Gasteiger partial charge in [0.05, 0.1) is 10.1 Å². The maximum absolute atomic E-state index is 12.0. The largest absolute Gasteiger partial charge is 0.292 e. The minimum absolute atomic E-state index is 0.0157. The van der Waals surface area contributed by atoms with Crippen LogP contribution in [0.4, 0.5) is 0 Å². The second kappa shape index (κ2) is 5.18. The predicted octanol–water partition coefficient (Wildman–Crippen LogP) is 2.86. The topological polar surface area (TPSA) is 34.9 Å². The molecule has 1 heterocycles. The van der Waals surface area contributed by atoms with E-state index in [0.717, 1.165) is 5.56 Å². The Labute approximate surface area is 118 Å². The molecule has 0 fully saturated rings. The molecule has 0 aliphatic rings. The second-order valence-electron chi connectivity index (χ2n) is 3.67. The molecule has 0 saturated heterocycles. The molecule has 2 rings (SSSR count). The highest BCUT2D eigenvalue weighted by atomic mass is 127. The van der Waals surface area contributed by atoms with Crippen molar-refractivity contribution in [1.82, 2.24) is 9.55 Å². The van der Waals surface area contributed by atoms with Gasteiger partial charge in [0, 0.05) is 11.2 Å². The average molecular weight is 361 g/mol. The van der Waals surface area contributed by atoms with E-state index >= 15 is 0 Å². The van der Waals surface area contributed by atoms with Gasteiger partial charge >= 0.3 is 0 Å². The van der Waals surface area contributed by atoms with Crippen molar-refractivity contribution >= 4 is 34.2 Å². The smallest absolute Gasteiger partial charge is 0.267 e. The Kier molecular flexibility index (Phi) is 3.83. The van der Waals surface area contributed by atoms with Crippen LogP contribution >= 0.6 is 34.2 Å². The zero-order valence-corrected chi connectivity index (χ0v) is 12.1. The molecule has 0 saturated carbocycles. The van der Waals surface area contributed by atoms with Gasteiger partial charge in [-0.3, -0.25) is 9.36 Å². The van der Waals surface area contributed by atoms with Crippen molar-refractivity contribution in [3.8, 4) is 0 Å². The van der Waals surface area contributed by atoms with Crippen LogP contribution in [0.3, 0.4) is 0 Å². The zero-order chi connectivity index (χ0) is 12.4. The summed E-state index contributed by atoms with van der Waals surface area (Å²) in [6.07, 6.45) is 1.59. The highest BCUT2D eigenvalue weighted by molar-refractivity contribution is 14.1. The predicted molar refractivity (Wildman–Crippen MR) is 76.5 cm³/mol. The minimum atomic E-state index is -0.0157. The number of hydrogen-bond donors (Lipinski definition) is 0. The van der Waals surface area contributed by atoms with E-state index in [2.05, 4.69) is 4.98 Å². The van der Waals surface area contributed by atoms with Gasteiger partial charge in [-0.15, -0.1) is 0 Å². The van der Waals surface area contributed by atoms with E-state index in [1.807, 2.05) is 53.8 Å². The summed E-state index contributed by atoms with van der Waals surface area (Å²) < 4.78 is 2.27. The van der Waals surface area contributed by atoms with Crippen molar-refractivity contribution < 1.29 is 0 Å². The molecular formula is C12H10ClIN2O. The molecule has 5 heteroatoms. The molecule has 0 atom stereocenters. The van der Waals surface area contributed by atoms with Crippen LogP contribution in [0.15, 0.2) is 35.3 Å². The van der Waals surface area contributed by atoms with Crippen LogP contribution < -0.4 is 5.56 Å². The lowest BCUT2D eigenvalue weighted by molar-refractivity contribution is 0.695. The molecular weight excluding hydrogens is 351 g/mol. The Hall–Kier alpha value is -0.880. The fourth-order valence-corrected chi connectivity index (χ4v) is 2.20. The third-order valence-corrected chi connectivity index (χ3v) is 3.41. The number of hydrogen-bond acceptors (Lipinski definition) is 2. The lowest BCUT2D eigenvalue weighted by Gasteiger charge is -2.09. The number of nitrogens with zero attached hydrogens (tertiary/aromatic N) is 2. The SMILES string of the molecule is Cc1ncc(I)c(=O)n1Cc1cccc(Cl)c1. The summed E-state index contributed by atoms with van der Waals surface area (Å²) in [5.74, 6) is 0.704. The van der Waals surface area contributed by atoms with Gasteiger partial charge < -0.3 is 0 Å². The molecule has 0 N–H and O–H groups in total. The van der Waals surface area contributed by atoms with Crippen LogP contribution in [-0.4, -0.2) is 9.55 Å². The molecule has 0 radical (unpaired) electrons. The van der Waals surface area contributed by atoms with Crippen molar-refractivity contribution in [3.63, 3.8) is 0 Å². The Morgan fingerprint density at radius 1 is 1.47 bits per heavy atom. The van der Waals surface area contributed by atoms with Crippen LogP contribution in [0.1, 0.15) is 11.4 Å². The number of aryl methyl sites for hydroxylation is 1. The summed E-state index contributed by atoms with van der Waals surface area (Å²) in [4.78, 5) is 16.1. The summed E-state index contributed by atoms with van der Waals surface area (Å²) in [5.41, 5.74) is 0.976. The molecule has 1 aromatic carbocycles. The van der Waals surface area contributed by atoms with Crippen LogP contribution in [0.25, 0.3) is 0 Å². The molecule has 0 amide bonds. The standard InChI is InChI=1S/C12H10ClIN2O/c1-8-15-6-11(14)12(17)16(8)7-9-3-2-4-10(13)5-9/h2-6H,7H2,1H3. The summed E-state index contributed by atoms with van der Waals surface area (Å²) >= 11 is 7.91. The van der Waals surface area contributed by atoms with E-state index < -0.39 is 0 Å². The average Bonchev–Trinajstić information content (AvgIpc) is 2.30. The fourth-order valence-electron chi connectivity index (χ4n) is 1.55. The summed E-state index contributed by atoms with van der Waals surface area (Å²) in [5, 5.41) is 0.673. The Morgan fingerprint density at radius 2 is 2.24 bits per heavy atom. The van der Waals surface area contributed by atoms with E-state index in [1.165, 1.54) is 0 Å². The van der Waals surface area contributed by atoms with Gasteiger partial charge in [-0.25, -0.2) is 4.98 Å². The first-order valence-corrected chi connectivity index (χ1v) is 6.50. The van der Waals surface area contributed by atoms with Gasteiger partial charge in [0.15, 0.2) is 0 Å². The number of aromatic nitrogens is 2. The van der Waals surface area contributed by atoms with Crippen LogP contribution in [0.2, 0.25) is 5.02 Å². The number of halogens is 2. The van der Waals surface area contributed by atoms with Gasteiger partial charge in [-0.1, -0.05) is 23.7 Å². The van der Waals surface area contributed by atoms with Gasteiger partial charge in [0.1, 0.15) is 5.82 Å². The zero-order valence-electron chi connectivity index (χ0n) is 9.15. The van der Waals surface area contributed by atoms with Crippen molar-refractivity contribution in [3.05, 3.63) is 60.8 Å². The van der Waals surface area contributed by atoms with Gasteiger partial charge in [0.25, 0.3) is 5.56 Å². The van der Waals surface area contributed by atoms with E-state index in [9.17, 15) is 4.79 Å². The summed E-state index contributed by atoms with van der Waals surface area (Å²) in [6.45, 7) is 2.32. The Balaban J connectivity index is 2.43. The molecule has 0 aliphatic carbocycles. The van der Waals surface area contributed by atoms with Gasteiger partial charge in [0.2, 0.25) is 0 Å². The van der Waals surface area contributed by atoms with E-state index in [-0.39, 0.29) is 5.56 Å². The summed E-state index contributed by atoms with van der Waals surface area (Å²) in [7, 11) is 0. The van der Waals surface area contributed by atoms with Crippen LogP contribution in [0.5, 0.6) is 0 Å². The molecule has 0 unspecified atom stereocenters. The lowest BCUT2D eigenvalue weighted by atomic mass is 10.2. The minimum Gasteiger partial charge on any atom is -0.292 e. The van der Waals surface area contributed by atoms with Crippen molar-refractivity contribution in [2.24, 2.45) is 0 Å². The van der Waals surface area contributed by atoms with Gasteiger partial charge in [-0.05, 0) is 47.2 Å². The fraction of sp³-hybridized carbons (Fsp3) is 0.167. The van der Waals surface area contributed by atoms with Crippen molar-refractivity contribution in [2.75, 3.05) is 0 Å². The van der Waals surface area contributed by atoms with Crippen LogP contribution in [-0.2, 0) is 6.54 Å². The first-order chi connectivity index (χ1) is 8.08. The first kappa shape index (κ1) is 12.6. The normalized spacial score (nSPS) is 10.5. The molecule has 1 aromatic heterocycles. The number of benzene rings is 1. The summed E-state index contributed by atoms with van der Waals surface area (Å²) in [6, 6.07) is 7.48. The van der Waals surface area contributed by atoms with E-state index in [1.54, 1.807) is 10.8 Å². The Morgan fingerprint density at radius 3 is 2.94 bits per heavy atom. The first-order valence-electron chi connectivity index (χ1n) is 5.04. The molecule has 88 valence electrons. The third kappa shape index (κ3) is 2.87. The van der Waals surface area contributed by atoms with Crippen molar-refractivity contribution in [1.29, 1.82) is 0 Å². The highest BCUT2D eigenvalue weighted by Gasteiger charge is 2.06. The van der Waals surface area contributed by atoms with Crippen LogP contribution in [0, 0.1) is 10.5 Å². The number of rotatable bonds is 2. The van der Waals surface area contributed by atoms with Gasteiger partial charge in [-0.2, -0.15) is 0 Å². The molecule has 17 heavy (non-hydrogen) atoms. The maximum Gasteiger partial charge on any atom is 0.267 e. The van der Waals surface area contributed by atoms with Crippen molar-refractivity contribution in [2.45, 2.75) is 13.5 Å². The highest BCUT2D eigenvalue weighted by Crippen LogP contribution is 2.11. The van der Waals surface area contributed by atoms with E-state index in [0.29, 0.717) is 21.0 Å². The molecule has 0 aliphatic heterocycles. The molecule has 0 bridgehead atoms. The molecule has 3 nitrogen and oxygen atoms in total. The quantitative estimate of drug-likeness (QED) is 0.772. The second-order valence-corrected chi connectivity index (χ2v) is 5.27. The molecule has 2 aromatic rings. The maximum atomic E-state index is 12.0.